The summed E-state index contributed by atoms with van der Waals surface area (Å²) in [6, 6.07) is 7.47. The number of hydrogen-bond acceptors (Lipinski definition) is 5. The van der Waals surface area contributed by atoms with Crippen molar-refractivity contribution in [3.8, 4) is 5.75 Å². The summed E-state index contributed by atoms with van der Waals surface area (Å²) in [7, 11) is 0. The lowest BCUT2D eigenvalue weighted by Crippen LogP contribution is -3.16. The highest BCUT2D eigenvalue weighted by molar-refractivity contribution is 5.57. The van der Waals surface area contributed by atoms with Crippen molar-refractivity contribution in [3.05, 3.63) is 24.3 Å². The summed E-state index contributed by atoms with van der Waals surface area (Å²) >= 11 is 0. The molecule has 1 aromatic rings. The van der Waals surface area contributed by atoms with Gasteiger partial charge in [-0.25, -0.2) is 0 Å². The molecule has 0 unspecified atom stereocenters. The number of ether oxygens (including phenoxy) is 2. The van der Waals surface area contributed by atoms with Crippen molar-refractivity contribution in [2.75, 3.05) is 57.4 Å². The van der Waals surface area contributed by atoms with Gasteiger partial charge in [0.1, 0.15) is 18.4 Å². The molecule has 3 N–H and O–H groups in total. The van der Waals surface area contributed by atoms with Gasteiger partial charge in [-0.3, -0.25) is 0 Å². The highest BCUT2D eigenvalue weighted by Gasteiger charge is 2.24. The summed E-state index contributed by atoms with van der Waals surface area (Å²) in [5.74, 6) is 0.337. The zero-order valence-electron chi connectivity index (χ0n) is 14.2. The zero-order chi connectivity index (χ0) is 16.8. The smallest absolute Gasteiger partial charge is 0.138 e. The Morgan fingerprint density at radius 2 is 2.08 bits per heavy atom. The maximum Gasteiger partial charge on any atom is 0.138 e. The van der Waals surface area contributed by atoms with Gasteiger partial charge in [-0.05, 0) is 25.0 Å². The Bertz CT molecular complexity index is 500. The summed E-state index contributed by atoms with van der Waals surface area (Å²) in [5.41, 5.74) is 0.900. The molecule has 0 aliphatic carbocycles. The van der Waals surface area contributed by atoms with Crippen molar-refractivity contribution < 1.29 is 24.6 Å². The number of nitrogens with zero attached hydrogens (tertiary/aromatic N) is 1. The standard InChI is InChI=1S/C18H28N2O4/c21-15(13-23-14-16-4-3-11-24-16)12-19-7-9-20(10-8-19)17-5-1-2-6-18(17)22/h1-2,5-6,15-16,21-22H,3-4,7-14H2/p+1/t15-,16-/m0/s1. The van der Waals surface area contributed by atoms with Crippen molar-refractivity contribution in [2.45, 2.75) is 25.0 Å². The number of benzene rings is 1. The molecule has 2 aliphatic rings. The van der Waals surface area contributed by atoms with Gasteiger partial charge >= 0.3 is 0 Å². The Morgan fingerprint density at radius 1 is 1.29 bits per heavy atom. The lowest BCUT2D eigenvalue weighted by molar-refractivity contribution is -0.903. The fraction of sp³-hybridized carbons (Fsp3) is 0.667. The van der Waals surface area contributed by atoms with Crippen LogP contribution < -0.4 is 9.80 Å². The van der Waals surface area contributed by atoms with E-state index in [0.29, 0.717) is 25.5 Å². The topological polar surface area (TPSA) is 66.6 Å². The summed E-state index contributed by atoms with van der Waals surface area (Å²) < 4.78 is 11.1. The first-order valence-electron chi connectivity index (χ1n) is 8.96. The van der Waals surface area contributed by atoms with Crippen LogP contribution >= 0.6 is 0 Å². The van der Waals surface area contributed by atoms with Crippen LogP contribution in [0.4, 0.5) is 5.69 Å². The number of para-hydroxylation sites is 2. The number of nitrogens with one attached hydrogen (secondary N) is 1. The van der Waals surface area contributed by atoms with Gasteiger partial charge in [-0.1, -0.05) is 12.1 Å². The third-order valence-corrected chi connectivity index (χ3v) is 4.86. The predicted octanol–water partition coefficient (Wildman–Crippen LogP) is -0.346. The number of phenolic OH excluding ortho intramolecular Hbond substituents is 1. The second-order valence-corrected chi connectivity index (χ2v) is 6.76. The number of rotatable bonds is 7. The fourth-order valence-electron chi connectivity index (χ4n) is 3.50. The monoisotopic (exact) mass is 337 g/mol. The molecule has 0 aromatic heterocycles. The van der Waals surface area contributed by atoms with Gasteiger partial charge in [0, 0.05) is 6.61 Å². The van der Waals surface area contributed by atoms with Crippen LogP contribution in [0, 0.1) is 0 Å². The molecule has 2 fully saturated rings. The molecule has 6 nitrogen and oxygen atoms in total. The van der Waals surface area contributed by atoms with E-state index in [1.54, 1.807) is 6.07 Å². The average Bonchev–Trinajstić information content (AvgIpc) is 3.10. The molecular formula is C18H29N2O4+. The Hall–Kier alpha value is -1.34. The molecule has 2 aliphatic heterocycles. The minimum absolute atomic E-state index is 0.214. The van der Waals surface area contributed by atoms with Gasteiger partial charge in [-0.2, -0.15) is 0 Å². The highest BCUT2D eigenvalue weighted by atomic mass is 16.5. The van der Waals surface area contributed by atoms with Gasteiger partial charge in [-0.15, -0.1) is 0 Å². The van der Waals surface area contributed by atoms with Crippen LogP contribution in [0.15, 0.2) is 24.3 Å². The minimum Gasteiger partial charge on any atom is -0.506 e. The molecule has 3 rings (SSSR count). The van der Waals surface area contributed by atoms with Gasteiger partial charge < -0.3 is 29.5 Å². The van der Waals surface area contributed by atoms with Crippen LogP contribution in [0.5, 0.6) is 5.75 Å². The number of anilines is 1. The molecule has 24 heavy (non-hydrogen) atoms. The molecule has 0 amide bonds. The third kappa shape index (κ3) is 4.83. The van der Waals surface area contributed by atoms with E-state index < -0.39 is 6.10 Å². The summed E-state index contributed by atoms with van der Waals surface area (Å²) in [6.45, 7) is 6.20. The number of aromatic hydroxyl groups is 1. The van der Waals surface area contributed by atoms with E-state index in [1.165, 1.54) is 4.90 Å². The molecule has 0 spiro atoms. The average molecular weight is 337 g/mol. The van der Waals surface area contributed by atoms with Crippen molar-refractivity contribution in [1.29, 1.82) is 0 Å². The first kappa shape index (κ1) is 17.5. The number of aliphatic hydroxyl groups excluding tert-OH is 1. The number of phenols is 1. The van der Waals surface area contributed by atoms with E-state index in [2.05, 4.69) is 4.90 Å². The number of aliphatic hydroxyl groups is 1. The Balaban J connectivity index is 1.35. The molecule has 2 heterocycles. The maximum atomic E-state index is 10.2. The van der Waals surface area contributed by atoms with Crippen LogP contribution in [-0.2, 0) is 9.47 Å². The molecule has 134 valence electrons. The summed E-state index contributed by atoms with van der Waals surface area (Å²) in [6.07, 6.45) is 1.96. The van der Waals surface area contributed by atoms with Gasteiger partial charge in [0.05, 0.1) is 51.2 Å². The van der Waals surface area contributed by atoms with Gasteiger partial charge in [0.2, 0.25) is 0 Å². The van der Waals surface area contributed by atoms with Crippen LogP contribution in [0.2, 0.25) is 0 Å². The van der Waals surface area contributed by atoms with Crippen molar-refractivity contribution >= 4 is 5.69 Å². The quantitative estimate of drug-likeness (QED) is 0.635. The second-order valence-electron chi connectivity index (χ2n) is 6.76. The molecular weight excluding hydrogens is 308 g/mol. The van der Waals surface area contributed by atoms with Crippen LogP contribution in [-0.4, -0.2) is 75.0 Å². The third-order valence-electron chi connectivity index (χ3n) is 4.86. The van der Waals surface area contributed by atoms with E-state index in [1.807, 2.05) is 18.2 Å². The zero-order valence-corrected chi connectivity index (χ0v) is 14.2. The van der Waals surface area contributed by atoms with Gasteiger partial charge in [0.15, 0.2) is 0 Å². The Labute approximate surface area is 143 Å². The molecule has 2 atom stereocenters. The lowest BCUT2D eigenvalue weighted by atomic mass is 10.2. The van der Waals surface area contributed by atoms with Crippen molar-refractivity contribution in [3.63, 3.8) is 0 Å². The predicted molar refractivity (Wildman–Crippen MR) is 91.7 cm³/mol. The van der Waals surface area contributed by atoms with Gasteiger partial charge in [0.25, 0.3) is 0 Å². The lowest BCUT2D eigenvalue weighted by Gasteiger charge is -2.34. The van der Waals surface area contributed by atoms with E-state index in [0.717, 1.165) is 51.3 Å². The first-order valence-corrected chi connectivity index (χ1v) is 8.96. The van der Waals surface area contributed by atoms with E-state index in [9.17, 15) is 10.2 Å². The second kappa shape index (κ2) is 8.67. The van der Waals surface area contributed by atoms with E-state index >= 15 is 0 Å². The summed E-state index contributed by atoms with van der Waals surface area (Å²) in [4.78, 5) is 3.59. The first-order chi connectivity index (χ1) is 11.7. The molecule has 0 saturated carbocycles. The number of hydrogen-bond donors (Lipinski definition) is 3. The number of quaternary nitrogens is 1. The fourth-order valence-corrected chi connectivity index (χ4v) is 3.50. The maximum absolute atomic E-state index is 10.2. The number of piperazine rings is 1. The Morgan fingerprint density at radius 3 is 2.79 bits per heavy atom. The van der Waals surface area contributed by atoms with Crippen molar-refractivity contribution in [1.82, 2.24) is 0 Å². The van der Waals surface area contributed by atoms with Crippen LogP contribution in [0.1, 0.15) is 12.8 Å². The molecule has 1 aromatic carbocycles. The Kier molecular flexibility index (Phi) is 6.31. The normalized spacial score (nSPS) is 23.5. The van der Waals surface area contributed by atoms with E-state index in [-0.39, 0.29) is 6.10 Å². The van der Waals surface area contributed by atoms with Crippen LogP contribution in [0.3, 0.4) is 0 Å². The SMILES string of the molecule is Oc1ccccc1N1CC[NH+](C[C@H](O)COC[C@@H]2CCCO2)CC1. The molecule has 6 heteroatoms. The summed E-state index contributed by atoms with van der Waals surface area (Å²) in [5, 5.41) is 20.1. The molecule has 2 saturated heterocycles. The van der Waals surface area contributed by atoms with Crippen molar-refractivity contribution in [2.24, 2.45) is 0 Å². The largest absolute Gasteiger partial charge is 0.506 e. The molecule has 0 bridgehead atoms. The molecule has 0 radical (unpaired) electrons. The highest BCUT2D eigenvalue weighted by Crippen LogP contribution is 2.25. The van der Waals surface area contributed by atoms with Crippen LogP contribution in [0.25, 0.3) is 0 Å². The minimum atomic E-state index is -0.432. The van der Waals surface area contributed by atoms with E-state index in [4.69, 9.17) is 9.47 Å².